The number of carbonyl (C=O) groups is 1. The third-order valence-electron chi connectivity index (χ3n) is 5.15. The normalized spacial score (nSPS) is 22.1. The summed E-state index contributed by atoms with van der Waals surface area (Å²) in [4.78, 5) is 16.8. The molecule has 132 valence electrons. The van der Waals surface area contributed by atoms with Crippen LogP contribution in [0.4, 0.5) is 11.4 Å². The van der Waals surface area contributed by atoms with E-state index in [0.717, 1.165) is 38.2 Å². The van der Waals surface area contributed by atoms with Crippen LogP contribution in [-0.2, 0) is 4.79 Å². The molecule has 2 heterocycles. The number of likely N-dealkylation sites (tertiary alicyclic amines) is 1. The highest BCUT2D eigenvalue weighted by Gasteiger charge is 2.36. The Balaban J connectivity index is 1.55. The van der Waals surface area contributed by atoms with E-state index in [9.17, 15) is 9.90 Å². The van der Waals surface area contributed by atoms with Gasteiger partial charge in [-0.2, -0.15) is 0 Å². The summed E-state index contributed by atoms with van der Waals surface area (Å²) in [6.07, 6.45) is 4.50. The van der Waals surface area contributed by atoms with Crippen LogP contribution in [0, 0.1) is 0 Å². The van der Waals surface area contributed by atoms with Gasteiger partial charge in [0.1, 0.15) is 0 Å². The molecule has 0 spiro atoms. The molecule has 1 aromatic rings. The zero-order chi connectivity index (χ0) is 17.2. The van der Waals surface area contributed by atoms with Crippen LogP contribution in [0.25, 0.3) is 0 Å². The van der Waals surface area contributed by atoms with Crippen LogP contribution in [0.2, 0.25) is 0 Å². The van der Waals surface area contributed by atoms with Crippen LogP contribution in [-0.4, -0.2) is 53.7 Å². The first-order valence-electron chi connectivity index (χ1n) is 9.05. The van der Waals surface area contributed by atoms with Gasteiger partial charge in [0.2, 0.25) is 5.91 Å². The Morgan fingerprint density at radius 3 is 2.46 bits per heavy atom. The molecular formula is C19H29N3O2. The smallest absolute Gasteiger partial charge is 0.238 e. The highest BCUT2D eigenvalue weighted by Crippen LogP contribution is 2.26. The molecular weight excluding hydrogens is 302 g/mol. The van der Waals surface area contributed by atoms with Gasteiger partial charge in [0.05, 0.1) is 12.1 Å². The maximum Gasteiger partial charge on any atom is 0.238 e. The van der Waals surface area contributed by atoms with E-state index < -0.39 is 5.60 Å². The van der Waals surface area contributed by atoms with Crippen molar-refractivity contribution in [3.05, 3.63) is 24.3 Å². The summed E-state index contributed by atoms with van der Waals surface area (Å²) >= 11 is 0. The van der Waals surface area contributed by atoms with E-state index >= 15 is 0 Å². The Hall–Kier alpha value is -1.59. The van der Waals surface area contributed by atoms with Crippen LogP contribution in [0.15, 0.2) is 24.3 Å². The van der Waals surface area contributed by atoms with E-state index in [0.29, 0.717) is 6.54 Å². The SMILES string of the molecule is CC(C)(O)C1CCCN1CC(=O)Nc1ccc(N2CCCC2)cc1. The quantitative estimate of drug-likeness (QED) is 0.870. The lowest BCUT2D eigenvalue weighted by atomic mass is 9.97. The van der Waals surface area contributed by atoms with E-state index in [1.54, 1.807) is 0 Å². The van der Waals surface area contributed by atoms with Crippen molar-refractivity contribution in [2.45, 2.75) is 51.2 Å². The molecule has 2 saturated heterocycles. The van der Waals surface area contributed by atoms with Gasteiger partial charge in [-0.15, -0.1) is 0 Å². The van der Waals surface area contributed by atoms with Gasteiger partial charge in [0.15, 0.2) is 0 Å². The summed E-state index contributed by atoms with van der Waals surface area (Å²) in [6, 6.07) is 8.17. The largest absolute Gasteiger partial charge is 0.389 e. The molecule has 0 bridgehead atoms. The summed E-state index contributed by atoms with van der Waals surface area (Å²) in [5, 5.41) is 13.2. The van der Waals surface area contributed by atoms with Gasteiger partial charge in [-0.3, -0.25) is 9.69 Å². The first-order chi connectivity index (χ1) is 11.4. The van der Waals surface area contributed by atoms with Crippen LogP contribution in [0.1, 0.15) is 39.5 Å². The Kier molecular flexibility index (Phi) is 5.11. The van der Waals surface area contributed by atoms with Crippen molar-refractivity contribution in [2.24, 2.45) is 0 Å². The number of aliphatic hydroxyl groups is 1. The second kappa shape index (κ2) is 7.11. The van der Waals surface area contributed by atoms with E-state index in [-0.39, 0.29) is 11.9 Å². The minimum absolute atomic E-state index is 0.0138. The molecule has 5 heteroatoms. The molecule has 0 radical (unpaired) electrons. The monoisotopic (exact) mass is 331 g/mol. The van der Waals surface area contributed by atoms with Crippen LogP contribution >= 0.6 is 0 Å². The molecule has 1 amide bonds. The molecule has 0 saturated carbocycles. The number of benzene rings is 1. The maximum absolute atomic E-state index is 12.3. The number of hydrogen-bond acceptors (Lipinski definition) is 4. The fourth-order valence-electron chi connectivity index (χ4n) is 3.93. The summed E-state index contributed by atoms with van der Waals surface area (Å²) in [6.45, 7) is 7.10. The maximum atomic E-state index is 12.3. The predicted octanol–water partition coefficient (Wildman–Crippen LogP) is 2.46. The van der Waals surface area contributed by atoms with Crippen LogP contribution in [0.5, 0.6) is 0 Å². The van der Waals surface area contributed by atoms with Crippen LogP contribution < -0.4 is 10.2 Å². The predicted molar refractivity (Wildman–Crippen MR) is 97.4 cm³/mol. The van der Waals surface area contributed by atoms with E-state index in [2.05, 4.69) is 27.2 Å². The second-order valence-electron chi connectivity index (χ2n) is 7.57. The summed E-state index contributed by atoms with van der Waals surface area (Å²) < 4.78 is 0. The third kappa shape index (κ3) is 4.08. The molecule has 3 rings (SSSR count). The standard InChI is InChI=1S/C19H29N3O2/c1-19(2,24)17-6-5-13-22(17)14-18(23)20-15-7-9-16(10-8-15)21-11-3-4-12-21/h7-10,17,24H,3-6,11-14H2,1-2H3,(H,20,23). The van der Waals surface area contributed by atoms with Crippen molar-refractivity contribution < 1.29 is 9.90 Å². The number of rotatable bonds is 5. The number of hydrogen-bond donors (Lipinski definition) is 2. The van der Waals surface area contributed by atoms with Crippen molar-refractivity contribution in [2.75, 3.05) is 36.4 Å². The van der Waals surface area contributed by atoms with Crippen molar-refractivity contribution in [1.82, 2.24) is 4.90 Å². The van der Waals surface area contributed by atoms with Crippen molar-refractivity contribution in [1.29, 1.82) is 0 Å². The summed E-state index contributed by atoms with van der Waals surface area (Å²) in [5.74, 6) is -0.0138. The van der Waals surface area contributed by atoms with Gasteiger partial charge in [-0.1, -0.05) is 0 Å². The Labute approximate surface area is 144 Å². The third-order valence-corrected chi connectivity index (χ3v) is 5.15. The molecule has 2 fully saturated rings. The molecule has 0 aliphatic carbocycles. The summed E-state index contributed by atoms with van der Waals surface area (Å²) in [5.41, 5.74) is 1.29. The Bertz CT molecular complexity index is 559. The van der Waals surface area contributed by atoms with Gasteiger partial charge in [0.25, 0.3) is 0 Å². The van der Waals surface area contributed by atoms with Gasteiger partial charge in [0, 0.05) is 30.5 Å². The van der Waals surface area contributed by atoms with Crippen LogP contribution in [0.3, 0.4) is 0 Å². The number of nitrogens with one attached hydrogen (secondary N) is 1. The molecule has 0 aromatic heterocycles. The summed E-state index contributed by atoms with van der Waals surface area (Å²) in [7, 11) is 0. The van der Waals surface area contributed by atoms with Crippen molar-refractivity contribution in [3.63, 3.8) is 0 Å². The lowest BCUT2D eigenvalue weighted by molar-refractivity contribution is -0.118. The first-order valence-corrected chi connectivity index (χ1v) is 9.05. The fourth-order valence-corrected chi connectivity index (χ4v) is 3.93. The Morgan fingerprint density at radius 1 is 1.17 bits per heavy atom. The van der Waals surface area contributed by atoms with E-state index in [1.807, 2.05) is 26.0 Å². The molecule has 5 nitrogen and oxygen atoms in total. The molecule has 1 aromatic carbocycles. The molecule has 2 aliphatic rings. The highest BCUT2D eigenvalue weighted by molar-refractivity contribution is 5.92. The molecule has 24 heavy (non-hydrogen) atoms. The lowest BCUT2D eigenvalue weighted by Crippen LogP contribution is -2.48. The molecule has 1 unspecified atom stereocenters. The zero-order valence-corrected chi connectivity index (χ0v) is 14.8. The fraction of sp³-hybridized carbons (Fsp3) is 0.632. The number of carbonyl (C=O) groups excluding carboxylic acids is 1. The van der Waals surface area contributed by atoms with Gasteiger partial charge in [-0.05, 0) is 70.3 Å². The average Bonchev–Trinajstić information content (AvgIpc) is 3.18. The lowest BCUT2D eigenvalue weighted by Gasteiger charge is -2.33. The molecule has 2 N–H and O–H groups in total. The minimum atomic E-state index is -0.770. The molecule has 1 atom stereocenters. The van der Waals surface area contributed by atoms with Gasteiger partial charge in [-0.25, -0.2) is 0 Å². The molecule has 2 aliphatic heterocycles. The zero-order valence-electron chi connectivity index (χ0n) is 14.8. The number of anilines is 2. The van der Waals surface area contributed by atoms with E-state index in [4.69, 9.17) is 0 Å². The first kappa shape index (κ1) is 17.2. The van der Waals surface area contributed by atoms with Gasteiger partial charge >= 0.3 is 0 Å². The van der Waals surface area contributed by atoms with E-state index in [1.165, 1.54) is 18.5 Å². The van der Waals surface area contributed by atoms with Gasteiger partial charge < -0.3 is 15.3 Å². The second-order valence-corrected chi connectivity index (χ2v) is 7.57. The topological polar surface area (TPSA) is 55.8 Å². The van der Waals surface area contributed by atoms with Crippen molar-refractivity contribution in [3.8, 4) is 0 Å². The number of amides is 1. The van der Waals surface area contributed by atoms with Crippen molar-refractivity contribution >= 4 is 17.3 Å². The minimum Gasteiger partial charge on any atom is -0.389 e. The highest BCUT2D eigenvalue weighted by atomic mass is 16.3. The number of nitrogens with zero attached hydrogens (tertiary/aromatic N) is 2. The average molecular weight is 331 g/mol. The Morgan fingerprint density at radius 2 is 1.83 bits per heavy atom.